The predicted octanol–water partition coefficient (Wildman–Crippen LogP) is 1.70. The Kier molecular flexibility index (Phi) is 6.77. The van der Waals surface area contributed by atoms with Gasteiger partial charge in [-0.1, -0.05) is 18.2 Å². The van der Waals surface area contributed by atoms with Crippen molar-refractivity contribution in [3.05, 3.63) is 78.3 Å². The number of carbonyl (C=O) groups is 2. The van der Waals surface area contributed by atoms with E-state index in [1.54, 1.807) is 18.2 Å². The summed E-state index contributed by atoms with van der Waals surface area (Å²) in [5.74, 6) is -2.52. The summed E-state index contributed by atoms with van der Waals surface area (Å²) in [6, 6.07) is 14.1. The zero-order chi connectivity index (χ0) is 23.4. The quantitative estimate of drug-likeness (QED) is 0.462. The second kappa shape index (κ2) is 9.34. The topological polar surface area (TPSA) is 163 Å². The maximum atomic E-state index is 12.5. The molecule has 0 atom stereocenters. The van der Waals surface area contributed by atoms with Gasteiger partial charge in [0.2, 0.25) is 15.8 Å². The van der Waals surface area contributed by atoms with Gasteiger partial charge in [-0.2, -0.15) is 0 Å². The maximum absolute atomic E-state index is 12.5. The van der Waals surface area contributed by atoms with Crippen LogP contribution >= 0.6 is 0 Å². The van der Waals surface area contributed by atoms with Crippen molar-refractivity contribution in [3.8, 4) is 0 Å². The lowest BCUT2D eigenvalue weighted by Gasteiger charge is -2.08. The number of carbonyl (C=O) groups excluding carboxylic acids is 2. The van der Waals surface area contributed by atoms with Gasteiger partial charge in [-0.3, -0.25) is 4.79 Å². The number of sulfonamides is 1. The molecule has 10 nitrogen and oxygen atoms in total. The molecule has 0 spiro atoms. The van der Waals surface area contributed by atoms with E-state index in [9.17, 15) is 26.4 Å². The summed E-state index contributed by atoms with van der Waals surface area (Å²) >= 11 is 0. The number of primary sulfonamides is 1. The third kappa shape index (κ3) is 5.81. The zero-order valence-electron chi connectivity index (χ0n) is 16.4. The Labute approximate surface area is 184 Å². The molecule has 1 amide bonds. The molecule has 0 radical (unpaired) electrons. The monoisotopic (exact) mass is 478 g/mol. The van der Waals surface area contributed by atoms with E-state index < -0.39 is 44.1 Å². The smallest absolute Gasteiger partial charge is 0.375 e. The molecule has 0 saturated carbocycles. The fourth-order valence-corrected chi connectivity index (χ4v) is 4.56. The highest BCUT2D eigenvalue weighted by atomic mass is 32.2. The van der Waals surface area contributed by atoms with Gasteiger partial charge in [0.25, 0.3) is 5.91 Å². The first-order valence-electron chi connectivity index (χ1n) is 9.00. The average molecular weight is 479 g/mol. The summed E-state index contributed by atoms with van der Waals surface area (Å²) < 4.78 is 57.5. The summed E-state index contributed by atoms with van der Waals surface area (Å²) in [5, 5.41) is 7.42. The van der Waals surface area contributed by atoms with E-state index in [4.69, 9.17) is 14.3 Å². The Morgan fingerprint density at radius 1 is 0.906 bits per heavy atom. The molecule has 0 saturated heterocycles. The number of nitrogens with two attached hydrogens (primary N) is 1. The van der Waals surface area contributed by atoms with Gasteiger partial charge in [-0.05, 0) is 42.5 Å². The third-order valence-electron chi connectivity index (χ3n) is 4.18. The maximum Gasteiger partial charge on any atom is 0.375 e. The Morgan fingerprint density at radius 3 is 2.19 bits per heavy atom. The highest BCUT2D eigenvalue weighted by Gasteiger charge is 2.24. The van der Waals surface area contributed by atoms with Crippen molar-refractivity contribution in [3.63, 3.8) is 0 Å². The van der Waals surface area contributed by atoms with E-state index in [0.29, 0.717) is 0 Å². The van der Waals surface area contributed by atoms with E-state index in [0.717, 1.165) is 6.26 Å². The molecule has 0 aliphatic heterocycles. The minimum Gasteiger partial charge on any atom is -0.457 e. The number of sulfone groups is 1. The van der Waals surface area contributed by atoms with E-state index in [1.165, 1.54) is 42.5 Å². The van der Waals surface area contributed by atoms with Gasteiger partial charge >= 0.3 is 5.97 Å². The van der Waals surface area contributed by atoms with Crippen molar-refractivity contribution in [2.45, 2.75) is 15.5 Å². The van der Waals surface area contributed by atoms with Gasteiger partial charge in [0.05, 0.1) is 21.8 Å². The summed E-state index contributed by atoms with van der Waals surface area (Å²) in [4.78, 5) is 24.3. The average Bonchev–Trinajstić information content (AvgIpc) is 3.20. The molecule has 0 bridgehead atoms. The number of esters is 1. The van der Waals surface area contributed by atoms with Gasteiger partial charge in [0, 0.05) is 11.3 Å². The highest BCUT2D eigenvalue weighted by molar-refractivity contribution is 7.90. The third-order valence-corrected chi connectivity index (χ3v) is 6.79. The van der Waals surface area contributed by atoms with Crippen LogP contribution in [0.15, 0.2) is 81.1 Å². The Hall–Kier alpha value is -3.48. The normalized spacial score (nSPS) is 11.7. The lowest BCUT2D eigenvalue weighted by molar-refractivity contribution is -0.119. The second-order valence-electron chi connectivity index (χ2n) is 6.54. The first-order valence-corrected chi connectivity index (χ1v) is 12.2. The fraction of sp³-hybridized carbons (Fsp3) is 0.100. The van der Waals surface area contributed by atoms with E-state index in [1.807, 2.05) is 0 Å². The highest BCUT2D eigenvalue weighted by Crippen LogP contribution is 2.20. The number of furan rings is 1. The van der Waals surface area contributed by atoms with Crippen LogP contribution in [0.4, 0.5) is 5.69 Å². The Balaban J connectivity index is 1.60. The van der Waals surface area contributed by atoms with Gasteiger partial charge in [-0.25, -0.2) is 26.8 Å². The zero-order valence-corrected chi connectivity index (χ0v) is 18.1. The molecule has 0 unspecified atom stereocenters. The molecule has 12 heteroatoms. The Bertz CT molecular complexity index is 1330. The molecule has 3 rings (SSSR count). The number of amides is 1. The van der Waals surface area contributed by atoms with Crippen LogP contribution in [-0.4, -0.2) is 35.3 Å². The molecule has 168 valence electrons. The molecular formula is C20H18N2O8S2. The van der Waals surface area contributed by atoms with Crippen molar-refractivity contribution in [2.24, 2.45) is 5.14 Å². The minimum atomic E-state index is -3.86. The van der Waals surface area contributed by atoms with Crippen molar-refractivity contribution < 1.29 is 35.6 Å². The lowest BCUT2D eigenvalue weighted by atomic mass is 10.3. The van der Waals surface area contributed by atoms with Gasteiger partial charge in [0.15, 0.2) is 16.4 Å². The van der Waals surface area contributed by atoms with E-state index >= 15 is 0 Å². The van der Waals surface area contributed by atoms with E-state index in [-0.39, 0.29) is 26.8 Å². The number of rotatable bonds is 8. The molecule has 32 heavy (non-hydrogen) atoms. The number of hydrogen-bond donors (Lipinski definition) is 2. The van der Waals surface area contributed by atoms with Crippen LogP contribution in [0.3, 0.4) is 0 Å². The van der Waals surface area contributed by atoms with Gasteiger partial charge in [-0.15, -0.1) is 0 Å². The SMILES string of the molecule is NS(=O)(=O)c1ccc(NC(=O)COC(=O)c2occc2CS(=O)(=O)c2ccccc2)cc1. The number of hydrogen-bond acceptors (Lipinski definition) is 8. The fourth-order valence-electron chi connectivity index (χ4n) is 2.67. The summed E-state index contributed by atoms with van der Waals surface area (Å²) in [6.45, 7) is -0.679. The number of anilines is 1. The molecule has 0 aliphatic rings. The first-order chi connectivity index (χ1) is 15.1. The molecule has 3 N–H and O–H groups in total. The molecule has 3 aromatic rings. The van der Waals surface area contributed by atoms with Crippen LogP contribution in [-0.2, 0) is 35.1 Å². The van der Waals surface area contributed by atoms with Crippen molar-refractivity contribution in [1.82, 2.24) is 0 Å². The molecule has 0 aliphatic carbocycles. The van der Waals surface area contributed by atoms with Gasteiger partial charge in [0.1, 0.15) is 0 Å². The number of ether oxygens (including phenoxy) is 1. The van der Waals surface area contributed by atoms with Crippen molar-refractivity contribution in [1.29, 1.82) is 0 Å². The van der Waals surface area contributed by atoms with Crippen LogP contribution < -0.4 is 10.5 Å². The second-order valence-corrected chi connectivity index (χ2v) is 10.1. The van der Waals surface area contributed by atoms with Crippen LogP contribution in [0, 0.1) is 0 Å². The van der Waals surface area contributed by atoms with Crippen molar-refractivity contribution in [2.75, 3.05) is 11.9 Å². The molecular weight excluding hydrogens is 460 g/mol. The Morgan fingerprint density at radius 2 is 1.56 bits per heavy atom. The van der Waals surface area contributed by atoms with Crippen LogP contribution in [0.1, 0.15) is 16.1 Å². The van der Waals surface area contributed by atoms with Crippen LogP contribution in [0.2, 0.25) is 0 Å². The summed E-state index contributed by atoms with van der Waals surface area (Å²) in [5.41, 5.74) is 0.351. The first kappa shape index (κ1) is 23.2. The molecule has 0 fully saturated rings. The van der Waals surface area contributed by atoms with Gasteiger partial charge < -0.3 is 14.5 Å². The molecule has 1 heterocycles. The van der Waals surface area contributed by atoms with Crippen LogP contribution in [0.5, 0.6) is 0 Å². The van der Waals surface area contributed by atoms with Crippen LogP contribution in [0.25, 0.3) is 0 Å². The predicted molar refractivity (Wildman–Crippen MR) is 113 cm³/mol. The molecule has 1 aromatic heterocycles. The summed E-state index contributed by atoms with van der Waals surface area (Å²) in [6.07, 6.45) is 1.15. The molecule has 2 aromatic carbocycles. The number of nitrogens with one attached hydrogen (secondary N) is 1. The minimum absolute atomic E-state index is 0.0911. The standard InChI is InChI=1S/C20H18N2O8S2/c21-32(27,28)17-8-6-15(7-9-17)22-18(23)12-30-20(24)19-14(10-11-29-19)13-31(25,26)16-4-2-1-3-5-16/h1-11H,12-13H2,(H,22,23)(H2,21,27,28). The largest absolute Gasteiger partial charge is 0.457 e. The van der Waals surface area contributed by atoms with Crippen molar-refractivity contribution >= 4 is 37.4 Å². The van der Waals surface area contributed by atoms with E-state index in [2.05, 4.69) is 5.32 Å². The summed E-state index contributed by atoms with van der Waals surface area (Å²) in [7, 11) is -7.59. The number of benzene rings is 2. The lowest BCUT2D eigenvalue weighted by Crippen LogP contribution is -2.21.